The zero-order chi connectivity index (χ0) is 11.2. The van der Waals surface area contributed by atoms with Crippen molar-refractivity contribution in [3.8, 4) is 16.9 Å². The largest absolute Gasteiger partial charge is 1.00 e. The lowest BCUT2D eigenvalue weighted by Gasteiger charge is -2.10. The third-order valence-corrected chi connectivity index (χ3v) is 2.35. The molecule has 0 aromatic heterocycles. The first-order chi connectivity index (χ1) is 7.92. The van der Waals surface area contributed by atoms with Crippen molar-refractivity contribution in [2.75, 3.05) is 13.2 Å². The van der Waals surface area contributed by atoms with Crippen LogP contribution in [0.2, 0.25) is 0 Å². The number of hydrogen-bond acceptors (Lipinski definition) is 2. The van der Waals surface area contributed by atoms with Crippen LogP contribution in [0.5, 0.6) is 5.75 Å². The van der Waals surface area contributed by atoms with E-state index in [9.17, 15) is 0 Å². The lowest BCUT2D eigenvalue weighted by atomic mass is 10.1. The van der Waals surface area contributed by atoms with Crippen LogP contribution in [0, 0.1) is 0 Å². The molecule has 0 saturated carbocycles. The van der Waals surface area contributed by atoms with Crippen molar-refractivity contribution in [3.63, 3.8) is 0 Å². The van der Waals surface area contributed by atoms with Gasteiger partial charge in [0.25, 0.3) is 0 Å². The molecule has 0 unspecified atom stereocenters. The minimum atomic E-state index is 0. The molecule has 0 saturated heterocycles. The van der Waals surface area contributed by atoms with Gasteiger partial charge in [-0.25, -0.2) is 0 Å². The number of hydrogen-bond donors (Lipinski definition) is 1. The Morgan fingerprint density at radius 2 is 1.53 bits per heavy atom. The van der Waals surface area contributed by atoms with E-state index in [0.717, 1.165) is 16.9 Å². The Hall–Kier alpha value is -1.51. The van der Waals surface area contributed by atoms with E-state index in [-0.39, 0.29) is 12.4 Å². The molecular weight excluding hydrogens is 234 g/mol. The Balaban J connectivity index is 0.00000144. The Kier molecular flexibility index (Phi) is 5.53. The summed E-state index contributed by atoms with van der Waals surface area (Å²) in [5.41, 5.74) is 7.71. The summed E-state index contributed by atoms with van der Waals surface area (Å²) in [5.74, 6) is 0.888. The minimum absolute atomic E-state index is 0. The fourth-order valence-corrected chi connectivity index (χ4v) is 1.62. The minimum Gasteiger partial charge on any atom is -1.00 e. The Labute approximate surface area is 108 Å². The predicted molar refractivity (Wildman–Crippen MR) is 66.4 cm³/mol. The molecular formula is C14H15ClNO-. The molecule has 0 spiro atoms. The predicted octanol–water partition coefficient (Wildman–Crippen LogP) is -0.305. The van der Waals surface area contributed by atoms with Gasteiger partial charge in [0.1, 0.15) is 12.4 Å². The zero-order valence-electron chi connectivity index (χ0n) is 9.47. The van der Waals surface area contributed by atoms with Gasteiger partial charge in [-0.1, -0.05) is 48.5 Å². The first-order valence-electron chi connectivity index (χ1n) is 5.39. The van der Waals surface area contributed by atoms with Crippen LogP contribution in [-0.4, -0.2) is 13.2 Å². The van der Waals surface area contributed by atoms with E-state index in [1.54, 1.807) is 0 Å². The average Bonchev–Trinajstić information content (AvgIpc) is 2.38. The molecule has 3 heteroatoms. The maximum Gasteiger partial charge on any atom is 0.127 e. The smallest absolute Gasteiger partial charge is 0.127 e. The number of rotatable bonds is 4. The Bertz CT molecular complexity index is 445. The number of benzene rings is 2. The molecule has 0 aliphatic rings. The van der Waals surface area contributed by atoms with Crippen molar-refractivity contribution in [2.24, 2.45) is 5.73 Å². The molecule has 2 aromatic carbocycles. The van der Waals surface area contributed by atoms with E-state index >= 15 is 0 Å². The first-order valence-corrected chi connectivity index (χ1v) is 5.39. The van der Waals surface area contributed by atoms with Crippen LogP contribution in [-0.2, 0) is 0 Å². The third kappa shape index (κ3) is 3.48. The summed E-state index contributed by atoms with van der Waals surface area (Å²) in [6.45, 7) is 1.08. The average molecular weight is 249 g/mol. The van der Waals surface area contributed by atoms with E-state index in [0.29, 0.717) is 13.2 Å². The van der Waals surface area contributed by atoms with Crippen molar-refractivity contribution >= 4 is 0 Å². The molecule has 0 fully saturated rings. The zero-order valence-corrected chi connectivity index (χ0v) is 10.2. The van der Waals surface area contributed by atoms with Gasteiger partial charge in [0.05, 0.1) is 0 Å². The number of nitrogens with two attached hydrogens (primary N) is 1. The van der Waals surface area contributed by atoms with E-state index in [1.807, 2.05) is 36.4 Å². The molecule has 90 valence electrons. The molecule has 2 nitrogen and oxygen atoms in total. The molecule has 17 heavy (non-hydrogen) atoms. The van der Waals surface area contributed by atoms with Gasteiger partial charge in [0.2, 0.25) is 0 Å². The van der Waals surface area contributed by atoms with Crippen molar-refractivity contribution in [1.82, 2.24) is 0 Å². The van der Waals surface area contributed by atoms with Gasteiger partial charge in [-0.15, -0.1) is 0 Å². The molecule has 0 radical (unpaired) electrons. The lowest BCUT2D eigenvalue weighted by molar-refractivity contribution is -0.00000363. The Morgan fingerprint density at radius 1 is 0.882 bits per heavy atom. The molecule has 0 aliphatic heterocycles. The first kappa shape index (κ1) is 13.6. The highest BCUT2D eigenvalue weighted by atomic mass is 35.5. The molecule has 0 bridgehead atoms. The second-order valence-electron chi connectivity index (χ2n) is 3.50. The molecule has 2 aromatic rings. The highest BCUT2D eigenvalue weighted by Gasteiger charge is 2.03. The van der Waals surface area contributed by atoms with E-state index in [2.05, 4.69) is 18.2 Å². The second kappa shape index (κ2) is 6.94. The van der Waals surface area contributed by atoms with Crippen LogP contribution >= 0.6 is 0 Å². The number of para-hydroxylation sites is 1. The van der Waals surface area contributed by atoms with Gasteiger partial charge in [-0.05, 0) is 11.6 Å². The highest BCUT2D eigenvalue weighted by Crippen LogP contribution is 2.29. The normalized spacial score (nSPS) is 9.47. The van der Waals surface area contributed by atoms with Crippen LogP contribution < -0.4 is 22.9 Å². The summed E-state index contributed by atoms with van der Waals surface area (Å²) >= 11 is 0. The van der Waals surface area contributed by atoms with Gasteiger partial charge in [0.15, 0.2) is 0 Å². The molecule has 0 aliphatic carbocycles. The summed E-state index contributed by atoms with van der Waals surface area (Å²) in [7, 11) is 0. The fraction of sp³-hybridized carbons (Fsp3) is 0.143. The Morgan fingerprint density at radius 3 is 2.24 bits per heavy atom. The standard InChI is InChI=1S/C14H15NO.ClH/c15-10-11-16-14-9-5-4-8-13(14)12-6-2-1-3-7-12;/h1-9H,10-11,15H2;1H/p-1. The second-order valence-corrected chi connectivity index (χ2v) is 3.50. The number of halogens is 1. The maximum atomic E-state index is 5.62. The number of ether oxygens (including phenoxy) is 1. The van der Waals surface area contributed by atoms with Gasteiger partial charge < -0.3 is 22.9 Å². The van der Waals surface area contributed by atoms with Crippen LogP contribution in [0.1, 0.15) is 0 Å². The van der Waals surface area contributed by atoms with Crippen molar-refractivity contribution in [1.29, 1.82) is 0 Å². The van der Waals surface area contributed by atoms with E-state index in [4.69, 9.17) is 10.5 Å². The van der Waals surface area contributed by atoms with Gasteiger partial charge in [-0.2, -0.15) is 0 Å². The van der Waals surface area contributed by atoms with Gasteiger partial charge in [0, 0.05) is 12.1 Å². The highest BCUT2D eigenvalue weighted by molar-refractivity contribution is 5.70. The van der Waals surface area contributed by atoms with Crippen LogP contribution in [0.15, 0.2) is 54.6 Å². The summed E-state index contributed by atoms with van der Waals surface area (Å²) in [5, 5.41) is 0. The fourth-order valence-electron chi connectivity index (χ4n) is 1.62. The van der Waals surface area contributed by atoms with E-state index in [1.165, 1.54) is 0 Å². The molecule has 0 amide bonds. The van der Waals surface area contributed by atoms with Crippen LogP contribution in [0.4, 0.5) is 0 Å². The van der Waals surface area contributed by atoms with Crippen molar-refractivity contribution in [3.05, 3.63) is 54.6 Å². The summed E-state index contributed by atoms with van der Waals surface area (Å²) < 4.78 is 5.62. The summed E-state index contributed by atoms with van der Waals surface area (Å²) in [6, 6.07) is 18.2. The van der Waals surface area contributed by atoms with Crippen molar-refractivity contribution < 1.29 is 17.1 Å². The van der Waals surface area contributed by atoms with Gasteiger partial charge >= 0.3 is 0 Å². The molecule has 2 N–H and O–H groups in total. The lowest BCUT2D eigenvalue weighted by Crippen LogP contribution is -3.00. The maximum absolute atomic E-state index is 5.62. The topological polar surface area (TPSA) is 35.2 Å². The molecule has 2 rings (SSSR count). The van der Waals surface area contributed by atoms with Gasteiger partial charge in [-0.3, -0.25) is 0 Å². The van der Waals surface area contributed by atoms with Crippen molar-refractivity contribution in [2.45, 2.75) is 0 Å². The van der Waals surface area contributed by atoms with E-state index < -0.39 is 0 Å². The summed E-state index contributed by atoms with van der Waals surface area (Å²) in [4.78, 5) is 0. The van der Waals surface area contributed by atoms with Crippen LogP contribution in [0.3, 0.4) is 0 Å². The molecule has 0 heterocycles. The SMILES string of the molecule is NCCOc1ccccc1-c1ccccc1.[Cl-]. The summed E-state index contributed by atoms with van der Waals surface area (Å²) in [6.07, 6.45) is 0. The third-order valence-electron chi connectivity index (χ3n) is 2.35. The quantitative estimate of drug-likeness (QED) is 0.806. The monoisotopic (exact) mass is 248 g/mol. The molecule has 0 atom stereocenters. The van der Waals surface area contributed by atoms with Crippen LogP contribution in [0.25, 0.3) is 11.1 Å².